The second-order valence-electron chi connectivity index (χ2n) is 6.74. The second-order valence-corrected chi connectivity index (χ2v) is 6.74. The smallest absolute Gasteiger partial charge is 0.292 e. The van der Waals surface area contributed by atoms with Crippen LogP contribution in [0.4, 0.5) is 34.0 Å². The van der Waals surface area contributed by atoms with Gasteiger partial charge in [-0.2, -0.15) is 13.2 Å². The van der Waals surface area contributed by atoms with Gasteiger partial charge in [0.2, 0.25) is 0 Å². The Morgan fingerprint density at radius 2 is 1.93 bits per heavy atom. The monoisotopic (exact) mass is 416 g/mol. The van der Waals surface area contributed by atoms with Crippen molar-refractivity contribution in [3.05, 3.63) is 71.9 Å². The van der Waals surface area contributed by atoms with E-state index < -0.39 is 23.9 Å². The fourth-order valence-electron chi connectivity index (χ4n) is 3.25. The summed E-state index contributed by atoms with van der Waals surface area (Å²) in [7, 11) is 0. The normalized spacial score (nSPS) is 16.1. The van der Waals surface area contributed by atoms with Crippen LogP contribution in [0.25, 0.3) is 11.3 Å². The summed E-state index contributed by atoms with van der Waals surface area (Å²) in [6.07, 6.45) is -4.21. The van der Waals surface area contributed by atoms with Crippen molar-refractivity contribution in [1.29, 1.82) is 0 Å². The van der Waals surface area contributed by atoms with Crippen molar-refractivity contribution >= 4 is 17.7 Å². The van der Waals surface area contributed by atoms with Crippen LogP contribution in [0, 0.1) is 0 Å². The van der Waals surface area contributed by atoms with Crippen LogP contribution in [0.15, 0.2) is 60.8 Å². The standard InChI is InChI=1S/C21H16F4N4O/c22-16-9-11-29(20(30)28-18-6-1-2-10-26-18)19-15(16)7-8-17(27-19)13-4-3-5-14(12-13)21(23,24)25/h1-8,10,12,16H,9,11H2,(H,26,28,30). The predicted octanol–water partition coefficient (Wildman–Crippen LogP) is 5.62. The highest BCUT2D eigenvalue weighted by atomic mass is 19.4. The van der Waals surface area contributed by atoms with E-state index in [9.17, 15) is 22.4 Å². The van der Waals surface area contributed by atoms with E-state index >= 15 is 0 Å². The van der Waals surface area contributed by atoms with Crippen LogP contribution in [-0.4, -0.2) is 22.5 Å². The molecular formula is C21H16F4N4O. The van der Waals surface area contributed by atoms with E-state index in [2.05, 4.69) is 15.3 Å². The summed E-state index contributed by atoms with van der Waals surface area (Å²) in [4.78, 5) is 22.4. The molecule has 0 fully saturated rings. The molecule has 3 heterocycles. The number of nitrogens with one attached hydrogen (secondary N) is 1. The molecule has 4 rings (SSSR count). The first kappa shape index (κ1) is 19.8. The number of amides is 2. The molecule has 1 N–H and O–H groups in total. The van der Waals surface area contributed by atoms with Crippen molar-refractivity contribution in [2.75, 3.05) is 16.8 Å². The Labute approximate surface area is 169 Å². The number of pyridine rings is 2. The maximum Gasteiger partial charge on any atom is 0.416 e. The molecule has 2 amide bonds. The van der Waals surface area contributed by atoms with Gasteiger partial charge >= 0.3 is 12.2 Å². The number of anilines is 2. The number of aromatic nitrogens is 2. The van der Waals surface area contributed by atoms with Crippen molar-refractivity contribution < 1.29 is 22.4 Å². The number of halogens is 4. The molecule has 0 radical (unpaired) electrons. The molecule has 1 aromatic carbocycles. The van der Waals surface area contributed by atoms with Crippen LogP contribution in [0.2, 0.25) is 0 Å². The first-order valence-electron chi connectivity index (χ1n) is 9.15. The molecule has 30 heavy (non-hydrogen) atoms. The Bertz CT molecular complexity index is 1070. The van der Waals surface area contributed by atoms with Crippen molar-refractivity contribution in [2.45, 2.75) is 18.8 Å². The van der Waals surface area contributed by atoms with Gasteiger partial charge in [-0.15, -0.1) is 0 Å². The molecule has 9 heteroatoms. The lowest BCUT2D eigenvalue weighted by Crippen LogP contribution is -2.40. The van der Waals surface area contributed by atoms with E-state index in [1.54, 1.807) is 18.2 Å². The quantitative estimate of drug-likeness (QED) is 0.552. The predicted molar refractivity (Wildman–Crippen MR) is 104 cm³/mol. The van der Waals surface area contributed by atoms with Crippen LogP contribution in [0.5, 0.6) is 0 Å². The van der Waals surface area contributed by atoms with Crippen LogP contribution < -0.4 is 10.2 Å². The molecule has 154 valence electrons. The van der Waals surface area contributed by atoms with E-state index in [1.165, 1.54) is 35.4 Å². The Morgan fingerprint density at radius 3 is 2.67 bits per heavy atom. The van der Waals surface area contributed by atoms with Gasteiger partial charge in [-0.3, -0.25) is 10.2 Å². The highest BCUT2D eigenvalue weighted by Crippen LogP contribution is 2.37. The molecule has 1 unspecified atom stereocenters. The number of alkyl halides is 4. The lowest BCUT2D eigenvalue weighted by Gasteiger charge is -2.30. The molecule has 2 aromatic heterocycles. The van der Waals surface area contributed by atoms with E-state index in [0.29, 0.717) is 5.82 Å². The van der Waals surface area contributed by atoms with Gasteiger partial charge in [0.05, 0.1) is 11.3 Å². The van der Waals surface area contributed by atoms with Gasteiger partial charge in [-0.1, -0.05) is 24.3 Å². The average Bonchev–Trinajstić information content (AvgIpc) is 2.74. The first-order chi connectivity index (χ1) is 14.3. The Hall–Kier alpha value is -3.49. The van der Waals surface area contributed by atoms with E-state index in [4.69, 9.17) is 0 Å². The molecule has 1 atom stereocenters. The Balaban J connectivity index is 1.70. The maximum absolute atomic E-state index is 14.4. The summed E-state index contributed by atoms with van der Waals surface area (Å²) < 4.78 is 53.6. The summed E-state index contributed by atoms with van der Waals surface area (Å²) in [5.74, 6) is 0.401. The van der Waals surface area contributed by atoms with E-state index in [0.717, 1.165) is 12.1 Å². The number of nitrogens with zero attached hydrogens (tertiary/aromatic N) is 3. The summed E-state index contributed by atoms with van der Waals surface area (Å²) >= 11 is 0. The van der Waals surface area contributed by atoms with Crippen molar-refractivity contribution in [2.24, 2.45) is 0 Å². The molecule has 0 bridgehead atoms. The number of hydrogen-bond acceptors (Lipinski definition) is 3. The minimum absolute atomic E-state index is 0.0753. The van der Waals surface area contributed by atoms with Gasteiger partial charge < -0.3 is 0 Å². The number of rotatable bonds is 2. The highest BCUT2D eigenvalue weighted by Gasteiger charge is 2.32. The zero-order chi connectivity index (χ0) is 21.3. The van der Waals surface area contributed by atoms with Crippen molar-refractivity contribution in [1.82, 2.24) is 9.97 Å². The minimum atomic E-state index is -4.50. The fourth-order valence-corrected chi connectivity index (χ4v) is 3.25. The lowest BCUT2D eigenvalue weighted by atomic mass is 10.0. The maximum atomic E-state index is 14.4. The topological polar surface area (TPSA) is 58.1 Å². The molecule has 5 nitrogen and oxygen atoms in total. The third-order valence-corrected chi connectivity index (χ3v) is 4.74. The molecular weight excluding hydrogens is 400 g/mol. The zero-order valence-electron chi connectivity index (χ0n) is 15.5. The summed E-state index contributed by atoms with van der Waals surface area (Å²) in [5, 5.41) is 2.62. The minimum Gasteiger partial charge on any atom is -0.292 e. The zero-order valence-corrected chi connectivity index (χ0v) is 15.5. The average molecular weight is 416 g/mol. The number of fused-ring (bicyclic) bond motifs is 1. The third kappa shape index (κ3) is 3.96. The molecule has 1 aliphatic heterocycles. The molecule has 0 aliphatic carbocycles. The lowest BCUT2D eigenvalue weighted by molar-refractivity contribution is -0.137. The van der Waals surface area contributed by atoms with Gasteiger partial charge in [-0.05, 0) is 30.3 Å². The van der Waals surface area contributed by atoms with Gasteiger partial charge in [0, 0.05) is 30.3 Å². The third-order valence-electron chi connectivity index (χ3n) is 4.74. The summed E-state index contributed by atoms with van der Waals surface area (Å²) in [6.45, 7) is 0.0753. The van der Waals surface area contributed by atoms with Crippen LogP contribution in [-0.2, 0) is 6.18 Å². The molecule has 0 saturated carbocycles. The fraction of sp³-hybridized carbons (Fsp3) is 0.190. The summed E-state index contributed by atoms with van der Waals surface area (Å²) in [6, 6.07) is 12.1. The van der Waals surface area contributed by atoms with Crippen molar-refractivity contribution in [3.63, 3.8) is 0 Å². The number of carbonyl (C=O) groups is 1. The van der Waals surface area contributed by atoms with Crippen LogP contribution in [0.1, 0.15) is 23.7 Å². The van der Waals surface area contributed by atoms with Gasteiger partial charge in [0.15, 0.2) is 0 Å². The second kappa shape index (κ2) is 7.74. The van der Waals surface area contributed by atoms with Crippen molar-refractivity contribution in [3.8, 4) is 11.3 Å². The molecule has 0 saturated heterocycles. The number of hydrogen-bond donors (Lipinski definition) is 1. The molecule has 3 aromatic rings. The SMILES string of the molecule is O=C(Nc1ccccn1)N1CCC(F)c2ccc(-c3cccc(C(F)(F)F)c3)nc21. The van der Waals surface area contributed by atoms with Crippen LogP contribution >= 0.6 is 0 Å². The largest absolute Gasteiger partial charge is 0.416 e. The van der Waals surface area contributed by atoms with E-state index in [-0.39, 0.29) is 35.6 Å². The van der Waals surface area contributed by atoms with Crippen LogP contribution in [0.3, 0.4) is 0 Å². The summed E-state index contributed by atoms with van der Waals surface area (Å²) in [5.41, 5.74) is -0.163. The molecule has 1 aliphatic rings. The number of carbonyl (C=O) groups excluding carboxylic acids is 1. The van der Waals surface area contributed by atoms with E-state index in [1.807, 2.05) is 0 Å². The highest BCUT2D eigenvalue weighted by molar-refractivity contribution is 6.01. The number of urea groups is 1. The first-order valence-corrected chi connectivity index (χ1v) is 9.15. The van der Waals surface area contributed by atoms with Gasteiger partial charge in [-0.25, -0.2) is 19.2 Å². The van der Waals surface area contributed by atoms with Gasteiger partial charge in [0.1, 0.15) is 17.8 Å². The Morgan fingerprint density at radius 1 is 1.10 bits per heavy atom. The van der Waals surface area contributed by atoms with Gasteiger partial charge in [0.25, 0.3) is 0 Å². The molecule has 0 spiro atoms. The Kier molecular flexibility index (Phi) is 5.11. The number of benzene rings is 1.